The molecule has 31 heavy (non-hydrogen) atoms. The highest BCUT2D eigenvalue weighted by molar-refractivity contribution is 5.83. The van der Waals surface area contributed by atoms with Crippen molar-refractivity contribution in [1.82, 2.24) is 19.5 Å². The number of nitriles is 1. The van der Waals surface area contributed by atoms with Crippen molar-refractivity contribution in [3.63, 3.8) is 0 Å². The molecule has 6 N–H and O–H groups in total. The largest absolute Gasteiger partial charge is 0.508 e. The molecule has 0 spiro atoms. The van der Waals surface area contributed by atoms with Gasteiger partial charge >= 0.3 is 0 Å². The summed E-state index contributed by atoms with van der Waals surface area (Å²) in [5.41, 5.74) is 16.2. The van der Waals surface area contributed by atoms with E-state index in [1.165, 1.54) is 0 Å². The molecule has 3 aromatic heterocycles. The third-order valence-electron chi connectivity index (χ3n) is 5.19. The highest BCUT2D eigenvalue weighted by atomic mass is 16.3. The Hall–Kier alpha value is -4.32. The van der Waals surface area contributed by atoms with Gasteiger partial charge in [-0.2, -0.15) is 15.2 Å². The summed E-state index contributed by atoms with van der Waals surface area (Å²) >= 11 is 0. The number of nitrogens with one attached hydrogen (secondary N) is 1. The summed E-state index contributed by atoms with van der Waals surface area (Å²) in [6, 6.07) is 12.8. The quantitative estimate of drug-likeness (QED) is 0.388. The molecule has 1 atom stereocenters. The van der Waals surface area contributed by atoms with Gasteiger partial charge in [0.1, 0.15) is 23.2 Å². The molecule has 156 valence electrons. The lowest BCUT2D eigenvalue weighted by atomic mass is 9.97. The van der Waals surface area contributed by atoms with Gasteiger partial charge in [-0.15, -0.1) is 0 Å². The van der Waals surface area contributed by atoms with Gasteiger partial charge in [0.05, 0.1) is 22.8 Å². The highest BCUT2D eigenvalue weighted by Gasteiger charge is 2.22. The minimum absolute atomic E-state index is 0.0147. The van der Waals surface area contributed by atoms with Crippen LogP contribution in [0.5, 0.6) is 5.75 Å². The topological polar surface area (TPSA) is 152 Å². The van der Waals surface area contributed by atoms with Crippen LogP contribution in [0.4, 0.5) is 17.6 Å². The molecule has 0 fully saturated rings. The van der Waals surface area contributed by atoms with Crippen LogP contribution in [0.25, 0.3) is 22.2 Å². The van der Waals surface area contributed by atoms with E-state index in [1.807, 2.05) is 49.0 Å². The maximum absolute atomic E-state index is 9.71. The Labute approximate surface area is 179 Å². The van der Waals surface area contributed by atoms with Gasteiger partial charge in [0.15, 0.2) is 5.82 Å². The van der Waals surface area contributed by atoms with Crippen molar-refractivity contribution in [3.05, 3.63) is 53.9 Å². The Morgan fingerprint density at radius 3 is 2.58 bits per heavy atom. The molecule has 9 heteroatoms. The van der Waals surface area contributed by atoms with Crippen molar-refractivity contribution >= 4 is 28.6 Å². The molecule has 3 heterocycles. The first kappa shape index (κ1) is 20.0. The lowest BCUT2D eigenvalue weighted by molar-refractivity contribution is 0.475. The fourth-order valence-corrected chi connectivity index (χ4v) is 3.58. The Morgan fingerprint density at radius 2 is 1.90 bits per heavy atom. The number of pyridine rings is 1. The molecule has 9 nitrogen and oxygen atoms in total. The number of hydrogen-bond donors (Lipinski definition) is 4. The van der Waals surface area contributed by atoms with Gasteiger partial charge < -0.3 is 26.5 Å². The number of benzene rings is 1. The molecule has 1 aromatic carbocycles. The van der Waals surface area contributed by atoms with Gasteiger partial charge in [-0.1, -0.05) is 19.1 Å². The second-order valence-corrected chi connectivity index (χ2v) is 7.21. The molecule has 4 aromatic rings. The number of aromatic nitrogens is 4. The van der Waals surface area contributed by atoms with Crippen LogP contribution < -0.4 is 16.8 Å². The maximum atomic E-state index is 9.71. The summed E-state index contributed by atoms with van der Waals surface area (Å²) in [5.74, 6) is 0.469. The van der Waals surface area contributed by atoms with Crippen LogP contribution in [0.2, 0.25) is 0 Å². The summed E-state index contributed by atoms with van der Waals surface area (Å²) in [4.78, 5) is 13.0. The molecule has 4 rings (SSSR count). The normalized spacial score (nSPS) is 11.9. The van der Waals surface area contributed by atoms with Gasteiger partial charge in [0.2, 0.25) is 5.95 Å². The van der Waals surface area contributed by atoms with Gasteiger partial charge in [0, 0.05) is 18.8 Å². The number of aromatic hydroxyl groups is 1. The molecule has 0 bridgehead atoms. The number of nitrogen functional groups attached to an aromatic ring is 2. The zero-order valence-electron chi connectivity index (χ0n) is 17.2. The summed E-state index contributed by atoms with van der Waals surface area (Å²) < 4.78 is 2.00. The van der Waals surface area contributed by atoms with Crippen LogP contribution >= 0.6 is 0 Å². The first-order valence-electron chi connectivity index (χ1n) is 9.76. The smallest absolute Gasteiger partial charge is 0.224 e. The first-order valence-corrected chi connectivity index (χ1v) is 9.76. The first-order chi connectivity index (χ1) is 14.9. The van der Waals surface area contributed by atoms with Gasteiger partial charge in [-0.25, -0.2) is 4.98 Å². The number of phenolic OH excluding ortho intramolecular Hbond substituents is 1. The molecule has 0 aliphatic carbocycles. The Morgan fingerprint density at radius 1 is 1.16 bits per heavy atom. The molecule has 0 saturated heterocycles. The van der Waals surface area contributed by atoms with Crippen LogP contribution in [0.1, 0.15) is 30.6 Å². The Kier molecular flexibility index (Phi) is 5.05. The van der Waals surface area contributed by atoms with E-state index in [4.69, 9.17) is 16.5 Å². The van der Waals surface area contributed by atoms with E-state index in [9.17, 15) is 10.4 Å². The van der Waals surface area contributed by atoms with Crippen molar-refractivity contribution in [1.29, 1.82) is 5.26 Å². The number of nitrogens with two attached hydrogens (primary N) is 2. The zero-order chi connectivity index (χ0) is 22.1. The fraction of sp³-hybridized carbons (Fsp3) is 0.182. The summed E-state index contributed by atoms with van der Waals surface area (Å²) in [6.07, 6.45) is 2.61. The number of fused-ring (bicyclic) bond motifs is 1. The van der Waals surface area contributed by atoms with E-state index in [-0.39, 0.29) is 34.9 Å². The molecule has 0 saturated carbocycles. The number of rotatable bonds is 5. The molecule has 0 aliphatic heterocycles. The maximum Gasteiger partial charge on any atom is 0.224 e. The summed E-state index contributed by atoms with van der Waals surface area (Å²) in [6.45, 7) is 2.01. The monoisotopic (exact) mass is 414 g/mol. The molecule has 0 aliphatic rings. The molecule has 0 radical (unpaired) electrons. The predicted octanol–water partition coefficient (Wildman–Crippen LogP) is 3.34. The standard InChI is InChI=1S/C22H22N8O/c1-3-16(27-21-15(11-23)20(24)28-22(25)29-21)19-14(12-4-6-13(31)7-5-12)10-18-17(26-19)8-9-30(18)2/h4-10,16,31H,3H2,1-2H3,(H5,24,25,27,28,29). The van der Waals surface area contributed by atoms with Crippen LogP contribution in [0, 0.1) is 11.3 Å². The number of aryl methyl sites for hydroxylation is 1. The van der Waals surface area contributed by atoms with Crippen molar-refractivity contribution in [2.75, 3.05) is 16.8 Å². The van der Waals surface area contributed by atoms with Gasteiger partial charge in [-0.3, -0.25) is 0 Å². The average Bonchev–Trinajstić information content (AvgIpc) is 3.11. The van der Waals surface area contributed by atoms with Crippen LogP contribution in [0.3, 0.4) is 0 Å². The second kappa shape index (κ2) is 7.84. The molecule has 0 amide bonds. The van der Waals surface area contributed by atoms with Crippen molar-refractivity contribution in [3.8, 4) is 22.9 Å². The lowest BCUT2D eigenvalue weighted by Gasteiger charge is -2.22. The van der Waals surface area contributed by atoms with Crippen LogP contribution in [-0.2, 0) is 7.05 Å². The minimum atomic E-state index is -0.283. The van der Waals surface area contributed by atoms with E-state index in [2.05, 4.69) is 21.4 Å². The highest BCUT2D eigenvalue weighted by Crippen LogP contribution is 2.35. The Balaban J connectivity index is 1.88. The molecule has 1 unspecified atom stereocenters. The van der Waals surface area contributed by atoms with E-state index in [0.29, 0.717) is 6.42 Å². The average molecular weight is 414 g/mol. The van der Waals surface area contributed by atoms with Crippen molar-refractivity contribution < 1.29 is 5.11 Å². The van der Waals surface area contributed by atoms with E-state index in [1.54, 1.807) is 12.1 Å². The predicted molar refractivity (Wildman–Crippen MR) is 120 cm³/mol. The summed E-state index contributed by atoms with van der Waals surface area (Å²) in [7, 11) is 1.96. The van der Waals surface area contributed by atoms with E-state index in [0.717, 1.165) is 27.9 Å². The van der Waals surface area contributed by atoms with E-state index >= 15 is 0 Å². The van der Waals surface area contributed by atoms with Gasteiger partial charge in [-0.05, 0) is 36.2 Å². The van der Waals surface area contributed by atoms with Gasteiger partial charge in [0.25, 0.3) is 0 Å². The lowest BCUT2D eigenvalue weighted by Crippen LogP contribution is -2.16. The summed E-state index contributed by atoms with van der Waals surface area (Å²) in [5, 5.41) is 22.5. The van der Waals surface area contributed by atoms with Crippen LogP contribution in [-0.4, -0.2) is 24.6 Å². The number of phenols is 1. The number of hydrogen-bond acceptors (Lipinski definition) is 8. The third-order valence-corrected chi connectivity index (χ3v) is 5.19. The second-order valence-electron chi connectivity index (χ2n) is 7.21. The molecular formula is C22H22N8O. The van der Waals surface area contributed by atoms with Crippen molar-refractivity contribution in [2.45, 2.75) is 19.4 Å². The fourth-order valence-electron chi connectivity index (χ4n) is 3.58. The third kappa shape index (κ3) is 3.67. The SMILES string of the molecule is CCC(Nc1nc(N)nc(N)c1C#N)c1nc2ccn(C)c2cc1-c1ccc(O)cc1. The Bertz CT molecular complexity index is 1300. The van der Waals surface area contributed by atoms with Crippen molar-refractivity contribution in [2.24, 2.45) is 7.05 Å². The number of nitrogens with zero attached hydrogens (tertiary/aromatic N) is 5. The van der Waals surface area contributed by atoms with Crippen LogP contribution in [0.15, 0.2) is 42.6 Å². The minimum Gasteiger partial charge on any atom is -0.508 e. The number of anilines is 3. The molecular weight excluding hydrogens is 392 g/mol. The van der Waals surface area contributed by atoms with E-state index < -0.39 is 0 Å². The zero-order valence-corrected chi connectivity index (χ0v) is 17.2.